The second-order valence-electron chi connectivity index (χ2n) is 8.63. The molecule has 2 rings (SSSR count). The van der Waals surface area contributed by atoms with Crippen LogP contribution in [0.4, 0.5) is 0 Å². The van der Waals surface area contributed by atoms with Crippen LogP contribution in [0.15, 0.2) is 0 Å². The van der Waals surface area contributed by atoms with Gasteiger partial charge < -0.3 is 9.84 Å². The largest absolute Gasteiger partial charge is 0.396 e. The van der Waals surface area contributed by atoms with Gasteiger partial charge in [-0.25, -0.2) is 0 Å². The fourth-order valence-electron chi connectivity index (χ4n) is 4.64. The van der Waals surface area contributed by atoms with E-state index in [2.05, 4.69) is 39.5 Å². The van der Waals surface area contributed by atoms with E-state index in [1.54, 1.807) is 0 Å². The molecule has 118 valence electrons. The van der Waals surface area contributed by atoms with Gasteiger partial charge in [-0.2, -0.15) is 0 Å². The second-order valence-corrected chi connectivity index (χ2v) is 8.63. The van der Waals surface area contributed by atoms with Crippen LogP contribution in [0.5, 0.6) is 0 Å². The Morgan fingerprint density at radius 2 is 1.75 bits per heavy atom. The quantitative estimate of drug-likeness (QED) is 0.864. The van der Waals surface area contributed by atoms with Crippen molar-refractivity contribution in [3.63, 3.8) is 0 Å². The maximum absolute atomic E-state index is 9.99. The molecule has 0 bridgehead atoms. The van der Waals surface area contributed by atoms with Crippen molar-refractivity contribution in [3.05, 3.63) is 0 Å². The lowest BCUT2D eigenvalue weighted by Crippen LogP contribution is -2.59. The summed E-state index contributed by atoms with van der Waals surface area (Å²) < 4.78 is 6.16. The number of rotatable bonds is 3. The molecule has 2 aliphatic rings. The molecule has 3 heteroatoms. The van der Waals surface area contributed by atoms with Crippen LogP contribution in [0.1, 0.15) is 60.3 Å². The van der Waals surface area contributed by atoms with Gasteiger partial charge in [0.1, 0.15) is 0 Å². The van der Waals surface area contributed by atoms with Crippen LogP contribution >= 0.6 is 0 Å². The first-order chi connectivity index (χ1) is 9.15. The molecule has 1 saturated carbocycles. The summed E-state index contributed by atoms with van der Waals surface area (Å²) in [4.78, 5) is 2.53. The SMILES string of the molecule is CC1CCCC(CO)(CN2CC(C)(C)OC(C)(C)C2)C1. The molecule has 2 unspecified atom stereocenters. The summed E-state index contributed by atoms with van der Waals surface area (Å²) in [6.45, 7) is 14.3. The molecule has 1 N–H and O–H groups in total. The van der Waals surface area contributed by atoms with Gasteiger partial charge in [-0.3, -0.25) is 4.90 Å². The zero-order chi connectivity index (χ0) is 15.0. The minimum Gasteiger partial charge on any atom is -0.396 e. The van der Waals surface area contributed by atoms with Crippen molar-refractivity contribution in [2.24, 2.45) is 11.3 Å². The van der Waals surface area contributed by atoms with Gasteiger partial charge in [0, 0.05) is 31.7 Å². The maximum atomic E-state index is 9.99. The third kappa shape index (κ3) is 3.96. The Balaban J connectivity index is 2.07. The minimum absolute atomic E-state index is 0.0985. The third-order valence-electron chi connectivity index (χ3n) is 4.84. The Labute approximate surface area is 124 Å². The van der Waals surface area contributed by atoms with Gasteiger partial charge in [0.25, 0.3) is 0 Å². The minimum atomic E-state index is -0.0985. The van der Waals surface area contributed by atoms with Crippen LogP contribution in [0, 0.1) is 11.3 Å². The summed E-state index contributed by atoms with van der Waals surface area (Å²) >= 11 is 0. The molecule has 2 atom stereocenters. The first-order valence-corrected chi connectivity index (χ1v) is 8.19. The van der Waals surface area contributed by atoms with Crippen molar-refractivity contribution in [1.29, 1.82) is 0 Å². The first-order valence-electron chi connectivity index (χ1n) is 8.19. The average Bonchev–Trinajstić information content (AvgIpc) is 2.24. The van der Waals surface area contributed by atoms with E-state index in [9.17, 15) is 5.11 Å². The van der Waals surface area contributed by atoms with Crippen LogP contribution in [0.2, 0.25) is 0 Å². The first kappa shape index (κ1) is 16.3. The highest BCUT2D eigenvalue weighted by Crippen LogP contribution is 2.41. The lowest BCUT2D eigenvalue weighted by Gasteiger charge is -2.50. The molecule has 3 nitrogen and oxygen atoms in total. The summed E-state index contributed by atoms with van der Waals surface area (Å²) in [6, 6.07) is 0. The molecule has 0 aromatic rings. The van der Waals surface area contributed by atoms with Crippen LogP contribution in [-0.2, 0) is 4.74 Å². The number of aliphatic hydroxyl groups is 1. The zero-order valence-electron chi connectivity index (χ0n) is 14.0. The average molecular weight is 283 g/mol. The highest BCUT2D eigenvalue weighted by molar-refractivity contribution is 4.94. The van der Waals surface area contributed by atoms with Gasteiger partial charge in [-0.05, 0) is 46.5 Å². The van der Waals surface area contributed by atoms with Crippen molar-refractivity contribution in [2.75, 3.05) is 26.2 Å². The third-order valence-corrected chi connectivity index (χ3v) is 4.84. The Morgan fingerprint density at radius 3 is 2.25 bits per heavy atom. The maximum Gasteiger partial charge on any atom is 0.0760 e. The topological polar surface area (TPSA) is 32.7 Å². The van der Waals surface area contributed by atoms with Crippen LogP contribution in [0.25, 0.3) is 0 Å². The van der Waals surface area contributed by atoms with Gasteiger partial charge in [-0.15, -0.1) is 0 Å². The van der Waals surface area contributed by atoms with Gasteiger partial charge in [-0.1, -0.05) is 19.8 Å². The van der Waals surface area contributed by atoms with Crippen LogP contribution < -0.4 is 0 Å². The molecule has 0 radical (unpaired) electrons. The van der Waals surface area contributed by atoms with Crippen LogP contribution in [-0.4, -0.2) is 47.4 Å². The molecule has 0 spiro atoms. The highest BCUT2D eigenvalue weighted by atomic mass is 16.5. The van der Waals surface area contributed by atoms with E-state index in [0.717, 1.165) is 25.6 Å². The molecule has 20 heavy (non-hydrogen) atoms. The van der Waals surface area contributed by atoms with Crippen molar-refractivity contribution in [3.8, 4) is 0 Å². The van der Waals surface area contributed by atoms with Crippen LogP contribution in [0.3, 0.4) is 0 Å². The Bertz CT molecular complexity index is 324. The molecular weight excluding hydrogens is 250 g/mol. The lowest BCUT2D eigenvalue weighted by molar-refractivity contribution is -0.187. The van der Waals surface area contributed by atoms with E-state index in [0.29, 0.717) is 6.61 Å². The number of ether oxygens (including phenoxy) is 1. The fourth-order valence-corrected chi connectivity index (χ4v) is 4.64. The highest BCUT2D eigenvalue weighted by Gasteiger charge is 2.42. The van der Waals surface area contributed by atoms with Gasteiger partial charge in [0.2, 0.25) is 0 Å². The van der Waals surface area contributed by atoms with Gasteiger partial charge in [0.05, 0.1) is 11.2 Å². The Morgan fingerprint density at radius 1 is 1.15 bits per heavy atom. The summed E-state index contributed by atoms with van der Waals surface area (Å²) in [7, 11) is 0. The van der Waals surface area contributed by atoms with E-state index < -0.39 is 0 Å². The molecule has 0 aromatic heterocycles. The molecular formula is C17H33NO2. The van der Waals surface area contributed by atoms with E-state index in [1.807, 2.05) is 0 Å². The molecule has 1 aliphatic heterocycles. The van der Waals surface area contributed by atoms with Gasteiger partial charge >= 0.3 is 0 Å². The standard InChI is InChI=1S/C17H33NO2/c1-14-7-6-8-17(9-14,13-19)12-18-10-15(2,3)20-16(4,5)11-18/h14,19H,6-13H2,1-5H3. The fraction of sp³-hybridized carbons (Fsp3) is 1.00. The van der Waals surface area contributed by atoms with Crippen molar-refractivity contribution < 1.29 is 9.84 Å². The van der Waals surface area contributed by atoms with E-state index in [1.165, 1.54) is 25.7 Å². The molecule has 0 aromatic carbocycles. The van der Waals surface area contributed by atoms with Crippen molar-refractivity contribution in [2.45, 2.75) is 71.5 Å². The zero-order valence-corrected chi connectivity index (χ0v) is 14.0. The number of aliphatic hydroxyl groups excluding tert-OH is 1. The van der Waals surface area contributed by atoms with Crippen molar-refractivity contribution in [1.82, 2.24) is 4.90 Å². The summed E-state index contributed by atoms with van der Waals surface area (Å²) in [5.41, 5.74) is -0.0848. The number of hydrogen-bond acceptors (Lipinski definition) is 3. The normalized spacial score (nSPS) is 37.8. The Hall–Kier alpha value is -0.120. The predicted octanol–water partition coefficient (Wildman–Crippen LogP) is 3.06. The van der Waals surface area contributed by atoms with Crippen molar-refractivity contribution >= 4 is 0 Å². The summed E-state index contributed by atoms with van der Waals surface area (Å²) in [5.74, 6) is 0.748. The number of hydrogen-bond donors (Lipinski definition) is 1. The smallest absolute Gasteiger partial charge is 0.0760 e. The number of morpholine rings is 1. The van der Waals surface area contributed by atoms with E-state index in [4.69, 9.17) is 4.74 Å². The molecule has 0 amide bonds. The second kappa shape index (κ2) is 5.58. The summed E-state index contributed by atoms with van der Waals surface area (Å²) in [6.07, 6.45) is 4.93. The molecule has 2 fully saturated rings. The molecule has 1 heterocycles. The van der Waals surface area contributed by atoms with E-state index >= 15 is 0 Å². The monoisotopic (exact) mass is 283 g/mol. The summed E-state index contributed by atoms with van der Waals surface area (Å²) in [5, 5.41) is 9.99. The molecule has 1 aliphatic carbocycles. The predicted molar refractivity (Wildman–Crippen MR) is 82.8 cm³/mol. The van der Waals surface area contributed by atoms with Gasteiger partial charge in [0.15, 0.2) is 0 Å². The van der Waals surface area contributed by atoms with E-state index in [-0.39, 0.29) is 16.6 Å². The Kier molecular flexibility index (Phi) is 4.54. The lowest BCUT2D eigenvalue weighted by atomic mass is 9.70. The molecule has 1 saturated heterocycles. The number of nitrogens with zero attached hydrogens (tertiary/aromatic N) is 1.